The topological polar surface area (TPSA) is 24.4 Å². The van der Waals surface area contributed by atoms with Gasteiger partial charge < -0.3 is 5.32 Å². The molecule has 0 saturated carbocycles. The van der Waals surface area contributed by atoms with Crippen LogP contribution in [0.1, 0.15) is 38.8 Å². The van der Waals surface area contributed by atoms with Gasteiger partial charge in [-0.15, -0.1) is 0 Å². The molecular formula is C24H32N2. The van der Waals surface area contributed by atoms with E-state index in [1.807, 2.05) is 14.0 Å². The summed E-state index contributed by atoms with van der Waals surface area (Å²) in [7, 11) is 1.92. The Bertz CT molecular complexity index is 741. The van der Waals surface area contributed by atoms with Crippen LogP contribution in [0.4, 0.5) is 0 Å². The Hall–Kier alpha value is -2.45. The molecule has 0 fully saturated rings. The third-order valence-corrected chi connectivity index (χ3v) is 4.34. The third-order valence-electron chi connectivity index (χ3n) is 4.34. The number of hydrogen-bond donors (Lipinski definition) is 1. The number of rotatable bonds is 9. The van der Waals surface area contributed by atoms with E-state index in [1.54, 1.807) is 12.3 Å². The number of aryl methyl sites for hydroxylation is 1. The van der Waals surface area contributed by atoms with Crippen molar-refractivity contribution in [2.45, 2.75) is 34.1 Å². The predicted octanol–water partition coefficient (Wildman–Crippen LogP) is 5.91. The van der Waals surface area contributed by atoms with Gasteiger partial charge >= 0.3 is 0 Å². The summed E-state index contributed by atoms with van der Waals surface area (Å²) < 4.78 is 0. The van der Waals surface area contributed by atoms with Gasteiger partial charge in [-0.2, -0.15) is 0 Å². The van der Waals surface area contributed by atoms with Crippen molar-refractivity contribution in [3.05, 3.63) is 89.2 Å². The molecule has 1 aromatic carbocycles. The first-order valence-electron chi connectivity index (χ1n) is 9.07. The van der Waals surface area contributed by atoms with Gasteiger partial charge in [-0.3, -0.25) is 4.99 Å². The normalized spacial score (nSPS) is 13.7. The van der Waals surface area contributed by atoms with Gasteiger partial charge in [-0.05, 0) is 73.7 Å². The summed E-state index contributed by atoms with van der Waals surface area (Å²) in [5.41, 5.74) is 7.85. The lowest BCUT2D eigenvalue weighted by atomic mass is 10.0. The van der Waals surface area contributed by atoms with E-state index >= 15 is 0 Å². The number of aliphatic imine (C=N–C) groups is 1. The van der Waals surface area contributed by atoms with Crippen LogP contribution in [0.15, 0.2) is 83.1 Å². The van der Waals surface area contributed by atoms with Gasteiger partial charge in [0.25, 0.3) is 0 Å². The number of benzene rings is 1. The van der Waals surface area contributed by atoms with E-state index < -0.39 is 0 Å². The van der Waals surface area contributed by atoms with Crippen molar-refractivity contribution < 1.29 is 0 Å². The van der Waals surface area contributed by atoms with Crippen LogP contribution in [0, 0.1) is 0 Å². The molecule has 0 aromatic heterocycles. The van der Waals surface area contributed by atoms with Gasteiger partial charge in [0.1, 0.15) is 0 Å². The van der Waals surface area contributed by atoms with Crippen LogP contribution in [-0.4, -0.2) is 19.8 Å². The monoisotopic (exact) mass is 348 g/mol. The standard InChI is InChI=1S/C24H32N2/c1-8-22-12-14-23(15-13-22)19(4)11-10-18(3)20(5)17-26-24(9-2)21(6)16-25-7/h9-15,17,25H,2,5,8,16H2,1,3-4,6-7H3/b18-10-,19-11+,24-21-,26-17-. The predicted molar refractivity (Wildman–Crippen MR) is 118 cm³/mol. The van der Waals surface area contributed by atoms with Gasteiger partial charge in [-0.1, -0.05) is 56.5 Å². The first kappa shape index (κ1) is 21.6. The summed E-state index contributed by atoms with van der Waals surface area (Å²) in [6, 6.07) is 8.72. The summed E-state index contributed by atoms with van der Waals surface area (Å²) >= 11 is 0. The fourth-order valence-corrected chi connectivity index (χ4v) is 2.40. The fourth-order valence-electron chi connectivity index (χ4n) is 2.40. The maximum Gasteiger partial charge on any atom is 0.0625 e. The molecule has 0 atom stereocenters. The largest absolute Gasteiger partial charge is 0.316 e. The average molecular weight is 349 g/mol. The van der Waals surface area contributed by atoms with Crippen LogP contribution < -0.4 is 5.32 Å². The lowest BCUT2D eigenvalue weighted by Crippen LogP contribution is -2.09. The van der Waals surface area contributed by atoms with E-state index in [2.05, 4.69) is 80.7 Å². The van der Waals surface area contributed by atoms with Crippen LogP contribution in [0.2, 0.25) is 0 Å². The highest BCUT2D eigenvalue weighted by Crippen LogP contribution is 2.16. The molecule has 0 amide bonds. The molecular weight excluding hydrogens is 316 g/mol. The minimum atomic E-state index is 0.790. The van der Waals surface area contributed by atoms with Crippen LogP contribution in [0.3, 0.4) is 0 Å². The van der Waals surface area contributed by atoms with Crippen LogP contribution in [0.5, 0.6) is 0 Å². The number of allylic oxidation sites excluding steroid dienone is 6. The Balaban J connectivity index is 2.87. The molecule has 138 valence electrons. The Labute approximate surface area is 159 Å². The molecule has 1 rings (SSSR count). The van der Waals surface area contributed by atoms with Crippen LogP contribution in [0.25, 0.3) is 5.57 Å². The van der Waals surface area contributed by atoms with Gasteiger partial charge in [0.2, 0.25) is 0 Å². The second-order valence-electron chi connectivity index (χ2n) is 6.43. The van der Waals surface area contributed by atoms with Gasteiger partial charge in [0.15, 0.2) is 0 Å². The van der Waals surface area contributed by atoms with Gasteiger partial charge in [0, 0.05) is 12.8 Å². The van der Waals surface area contributed by atoms with E-state index in [0.29, 0.717) is 0 Å². The summed E-state index contributed by atoms with van der Waals surface area (Å²) in [6.45, 7) is 17.1. The molecule has 0 saturated heterocycles. The molecule has 0 heterocycles. The van der Waals surface area contributed by atoms with E-state index in [1.165, 1.54) is 16.7 Å². The molecule has 0 aliphatic rings. The van der Waals surface area contributed by atoms with Crippen LogP contribution >= 0.6 is 0 Å². The Morgan fingerprint density at radius 2 is 1.77 bits per heavy atom. The van der Waals surface area contributed by atoms with Crippen molar-refractivity contribution in [2.75, 3.05) is 13.6 Å². The summed E-state index contributed by atoms with van der Waals surface area (Å²) in [6.07, 6.45) is 8.87. The summed E-state index contributed by atoms with van der Waals surface area (Å²) in [4.78, 5) is 4.52. The van der Waals surface area contributed by atoms with Crippen molar-refractivity contribution in [1.29, 1.82) is 0 Å². The van der Waals surface area contributed by atoms with E-state index in [9.17, 15) is 0 Å². The lowest BCUT2D eigenvalue weighted by Gasteiger charge is -2.05. The summed E-state index contributed by atoms with van der Waals surface area (Å²) in [5, 5.41) is 3.13. The maximum atomic E-state index is 4.52. The highest BCUT2D eigenvalue weighted by molar-refractivity contribution is 5.84. The molecule has 0 aliphatic carbocycles. The smallest absolute Gasteiger partial charge is 0.0625 e. The maximum absolute atomic E-state index is 4.52. The van der Waals surface area contributed by atoms with Crippen molar-refractivity contribution in [1.82, 2.24) is 5.32 Å². The zero-order valence-electron chi connectivity index (χ0n) is 16.9. The molecule has 0 radical (unpaired) electrons. The number of likely N-dealkylation sites (N-methyl/N-ethyl adjacent to an activating group) is 1. The Morgan fingerprint density at radius 1 is 1.12 bits per heavy atom. The minimum absolute atomic E-state index is 0.790. The fraction of sp³-hybridized carbons (Fsp3) is 0.292. The summed E-state index contributed by atoms with van der Waals surface area (Å²) in [5.74, 6) is 0. The molecule has 2 nitrogen and oxygen atoms in total. The zero-order chi connectivity index (χ0) is 19.5. The SMILES string of the molecule is C=CC(/N=C\C(=C)/C(C)=C\C=C(/C)c1ccc(CC)cc1)=C(\C)CNC. The lowest BCUT2D eigenvalue weighted by molar-refractivity contribution is 0.871. The molecule has 0 spiro atoms. The van der Waals surface area contributed by atoms with E-state index in [0.717, 1.165) is 35.4 Å². The van der Waals surface area contributed by atoms with E-state index in [4.69, 9.17) is 0 Å². The average Bonchev–Trinajstić information content (AvgIpc) is 2.66. The molecule has 0 unspecified atom stereocenters. The number of nitrogens with one attached hydrogen (secondary N) is 1. The second-order valence-corrected chi connectivity index (χ2v) is 6.43. The highest BCUT2D eigenvalue weighted by Gasteiger charge is 1.98. The van der Waals surface area contributed by atoms with Crippen molar-refractivity contribution in [3.63, 3.8) is 0 Å². The number of hydrogen-bond acceptors (Lipinski definition) is 2. The van der Waals surface area contributed by atoms with Crippen LogP contribution in [-0.2, 0) is 6.42 Å². The Kier molecular flexibility index (Phi) is 9.32. The highest BCUT2D eigenvalue weighted by atomic mass is 14.8. The second kappa shape index (κ2) is 11.2. The van der Waals surface area contributed by atoms with Gasteiger partial charge in [0.05, 0.1) is 5.70 Å². The van der Waals surface area contributed by atoms with Crippen molar-refractivity contribution in [3.8, 4) is 0 Å². The molecule has 26 heavy (non-hydrogen) atoms. The van der Waals surface area contributed by atoms with Crippen molar-refractivity contribution >= 4 is 11.8 Å². The first-order chi connectivity index (χ1) is 12.4. The molecule has 1 aromatic rings. The molecule has 0 aliphatic heterocycles. The molecule has 0 bridgehead atoms. The zero-order valence-corrected chi connectivity index (χ0v) is 16.9. The number of nitrogens with zero attached hydrogens (tertiary/aromatic N) is 1. The molecule has 1 N–H and O–H groups in total. The first-order valence-corrected chi connectivity index (χ1v) is 9.07. The van der Waals surface area contributed by atoms with Crippen molar-refractivity contribution in [2.24, 2.45) is 4.99 Å². The van der Waals surface area contributed by atoms with E-state index in [-0.39, 0.29) is 0 Å². The quantitative estimate of drug-likeness (QED) is 0.436. The Morgan fingerprint density at radius 3 is 2.31 bits per heavy atom. The van der Waals surface area contributed by atoms with Gasteiger partial charge in [-0.25, -0.2) is 0 Å². The minimum Gasteiger partial charge on any atom is -0.316 e. The molecule has 2 heteroatoms. The third kappa shape index (κ3) is 6.81.